The molecule has 1 fully saturated rings. The molecule has 1 saturated heterocycles. The molecule has 1 aliphatic heterocycles. The lowest BCUT2D eigenvalue weighted by Gasteiger charge is -2.38. The molecule has 0 spiro atoms. The van der Waals surface area contributed by atoms with E-state index in [1.165, 1.54) is 6.08 Å². The van der Waals surface area contributed by atoms with Crippen molar-refractivity contribution in [3.8, 4) is 0 Å². The Bertz CT molecular complexity index is 422. The SMILES string of the molecule is C=CC(=O)N1CC(CC(=O)Nc2ccsc2)C1. The molecule has 0 radical (unpaired) electrons. The number of nitrogens with zero attached hydrogens (tertiary/aromatic N) is 1. The minimum Gasteiger partial charge on any atom is -0.338 e. The van der Waals surface area contributed by atoms with Crippen molar-refractivity contribution in [2.75, 3.05) is 18.4 Å². The molecule has 2 amide bonds. The van der Waals surface area contributed by atoms with Gasteiger partial charge in [0.1, 0.15) is 0 Å². The summed E-state index contributed by atoms with van der Waals surface area (Å²) in [4.78, 5) is 24.5. The first kappa shape index (κ1) is 11.9. The highest BCUT2D eigenvalue weighted by Crippen LogP contribution is 2.20. The third kappa shape index (κ3) is 2.94. The number of hydrogen-bond donors (Lipinski definition) is 1. The maximum absolute atomic E-state index is 11.6. The smallest absolute Gasteiger partial charge is 0.245 e. The summed E-state index contributed by atoms with van der Waals surface area (Å²) in [6.07, 6.45) is 1.78. The van der Waals surface area contributed by atoms with Crippen LogP contribution in [-0.4, -0.2) is 29.8 Å². The molecular weight excluding hydrogens is 236 g/mol. The molecule has 2 rings (SSSR count). The number of likely N-dealkylation sites (tertiary alicyclic amines) is 1. The normalized spacial score (nSPS) is 15.2. The van der Waals surface area contributed by atoms with Gasteiger partial charge in [0.05, 0.1) is 5.69 Å². The summed E-state index contributed by atoms with van der Waals surface area (Å²) >= 11 is 1.55. The van der Waals surface area contributed by atoms with E-state index in [1.54, 1.807) is 16.2 Å². The second kappa shape index (κ2) is 5.14. The topological polar surface area (TPSA) is 49.4 Å². The van der Waals surface area contributed by atoms with E-state index in [0.717, 1.165) is 5.69 Å². The van der Waals surface area contributed by atoms with E-state index in [2.05, 4.69) is 11.9 Å². The number of rotatable bonds is 4. The Morgan fingerprint density at radius 1 is 1.59 bits per heavy atom. The van der Waals surface area contributed by atoms with Crippen LogP contribution in [0.4, 0.5) is 5.69 Å². The lowest BCUT2D eigenvalue weighted by atomic mass is 9.96. The first-order valence-electron chi connectivity index (χ1n) is 5.42. The van der Waals surface area contributed by atoms with E-state index >= 15 is 0 Å². The van der Waals surface area contributed by atoms with Crippen LogP contribution in [0.15, 0.2) is 29.5 Å². The van der Waals surface area contributed by atoms with Gasteiger partial charge in [0.15, 0.2) is 0 Å². The molecule has 0 saturated carbocycles. The summed E-state index contributed by atoms with van der Waals surface area (Å²) < 4.78 is 0. The number of nitrogens with one attached hydrogen (secondary N) is 1. The van der Waals surface area contributed by atoms with Crippen molar-refractivity contribution >= 4 is 28.8 Å². The lowest BCUT2D eigenvalue weighted by Crippen LogP contribution is -2.50. The zero-order chi connectivity index (χ0) is 12.3. The summed E-state index contributed by atoms with van der Waals surface area (Å²) in [5.74, 6) is 0.233. The average molecular weight is 250 g/mol. The van der Waals surface area contributed by atoms with Gasteiger partial charge >= 0.3 is 0 Å². The van der Waals surface area contributed by atoms with Crippen molar-refractivity contribution in [3.05, 3.63) is 29.5 Å². The minimum absolute atomic E-state index is 0.0131. The van der Waals surface area contributed by atoms with Crippen molar-refractivity contribution < 1.29 is 9.59 Å². The Labute approximate surface area is 104 Å². The van der Waals surface area contributed by atoms with Gasteiger partial charge in [0.2, 0.25) is 11.8 Å². The monoisotopic (exact) mass is 250 g/mol. The van der Waals surface area contributed by atoms with Crippen molar-refractivity contribution in [2.24, 2.45) is 5.92 Å². The van der Waals surface area contributed by atoms with Crippen LogP contribution in [0.2, 0.25) is 0 Å². The molecule has 1 aromatic rings. The van der Waals surface area contributed by atoms with E-state index in [-0.39, 0.29) is 17.7 Å². The van der Waals surface area contributed by atoms with Gasteiger partial charge in [0, 0.05) is 30.8 Å². The molecule has 0 unspecified atom stereocenters. The first-order valence-corrected chi connectivity index (χ1v) is 6.36. The van der Waals surface area contributed by atoms with Crippen LogP contribution in [0.1, 0.15) is 6.42 Å². The van der Waals surface area contributed by atoms with E-state index in [9.17, 15) is 9.59 Å². The predicted octanol–water partition coefficient (Wildman–Crippen LogP) is 1.72. The Kier molecular flexibility index (Phi) is 3.58. The third-order valence-corrected chi connectivity index (χ3v) is 3.41. The first-order chi connectivity index (χ1) is 8.19. The summed E-state index contributed by atoms with van der Waals surface area (Å²) in [6, 6.07) is 1.87. The fraction of sp³-hybridized carbons (Fsp3) is 0.333. The highest BCUT2D eigenvalue weighted by Gasteiger charge is 2.30. The van der Waals surface area contributed by atoms with Crippen molar-refractivity contribution in [1.29, 1.82) is 0 Å². The molecule has 90 valence electrons. The van der Waals surface area contributed by atoms with Crippen molar-refractivity contribution in [1.82, 2.24) is 4.90 Å². The molecule has 17 heavy (non-hydrogen) atoms. The molecule has 5 heteroatoms. The summed E-state index contributed by atoms with van der Waals surface area (Å²) in [6.45, 7) is 4.74. The zero-order valence-corrected chi connectivity index (χ0v) is 10.2. The van der Waals surface area contributed by atoms with Gasteiger partial charge < -0.3 is 10.2 Å². The van der Waals surface area contributed by atoms with Gasteiger partial charge in [-0.05, 0) is 17.5 Å². The quantitative estimate of drug-likeness (QED) is 0.827. The molecule has 1 aliphatic rings. The molecule has 0 atom stereocenters. The lowest BCUT2D eigenvalue weighted by molar-refractivity contribution is -0.134. The number of carbonyl (C=O) groups is 2. The number of thiophene rings is 1. The van der Waals surface area contributed by atoms with E-state index in [0.29, 0.717) is 19.5 Å². The maximum atomic E-state index is 11.6. The van der Waals surface area contributed by atoms with Crippen LogP contribution in [-0.2, 0) is 9.59 Å². The fourth-order valence-corrected chi connectivity index (χ4v) is 2.41. The second-order valence-electron chi connectivity index (χ2n) is 4.08. The Morgan fingerprint density at radius 3 is 2.94 bits per heavy atom. The molecule has 2 heterocycles. The van der Waals surface area contributed by atoms with E-state index in [1.807, 2.05) is 16.8 Å². The highest BCUT2D eigenvalue weighted by atomic mass is 32.1. The molecule has 0 aliphatic carbocycles. The highest BCUT2D eigenvalue weighted by molar-refractivity contribution is 7.08. The van der Waals surface area contributed by atoms with Crippen LogP contribution >= 0.6 is 11.3 Å². The largest absolute Gasteiger partial charge is 0.338 e. The van der Waals surface area contributed by atoms with Crippen molar-refractivity contribution in [3.63, 3.8) is 0 Å². The van der Waals surface area contributed by atoms with Crippen LogP contribution in [0.3, 0.4) is 0 Å². The number of amides is 2. The Hall–Kier alpha value is -1.62. The van der Waals surface area contributed by atoms with Gasteiger partial charge in [-0.25, -0.2) is 0 Å². The molecular formula is C12H14N2O2S. The number of anilines is 1. The molecule has 4 nitrogen and oxygen atoms in total. The summed E-state index contributed by atoms with van der Waals surface area (Å²) in [7, 11) is 0. The van der Waals surface area contributed by atoms with E-state index in [4.69, 9.17) is 0 Å². The zero-order valence-electron chi connectivity index (χ0n) is 9.39. The minimum atomic E-state index is -0.0560. The molecule has 0 aromatic carbocycles. The number of hydrogen-bond acceptors (Lipinski definition) is 3. The molecule has 1 aromatic heterocycles. The van der Waals surface area contributed by atoms with E-state index < -0.39 is 0 Å². The van der Waals surface area contributed by atoms with Gasteiger partial charge in [-0.3, -0.25) is 9.59 Å². The predicted molar refractivity (Wildman–Crippen MR) is 67.8 cm³/mol. The van der Waals surface area contributed by atoms with Gasteiger partial charge in [-0.15, -0.1) is 0 Å². The van der Waals surface area contributed by atoms with Crippen LogP contribution in [0.25, 0.3) is 0 Å². The Morgan fingerprint density at radius 2 is 2.35 bits per heavy atom. The summed E-state index contributed by atoms with van der Waals surface area (Å²) in [5.41, 5.74) is 0.846. The van der Waals surface area contributed by atoms with Crippen LogP contribution in [0, 0.1) is 5.92 Å². The maximum Gasteiger partial charge on any atom is 0.245 e. The van der Waals surface area contributed by atoms with Crippen LogP contribution in [0.5, 0.6) is 0 Å². The Balaban J connectivity index is 1.71. The molecule has 0 bridgehead atoms. The number of carbonyl (C=O) groups excluding carboxylic acids is 2. The van der Waals surface area contributed by atoms with Gasteiger partial charge in [0.25, 0.3) is 0 Å². The molecule has 1 N–H and O–H groups in total. The third-order valence-electron chi connectivity index (χ3n) is 2.72. The summed E-state index contributed by atoms with van der Waals surface area (Å²) in [5, 5.41) is 6.64. The second-order valence-corrected chi connectivity index (χ2v) is 4.86. The van der Waals surface area contributed by atoms with Gasteiger partial charge in [-0.2, -0.15) is 11.3 Å². The van der Waals surface area contributed by atoms with Crippen LogP contribution < -0.4 is 5.32 Å². The van der Waals surface area contributed by atoms with Gasteiger partial charge in [-0.1, -0.05) is 6.58 Å². The average Bonchev–Trinajstić information content (AvgIpc) is 2.74. The van der Waals surface area contributed by atoms with Crippen molar-refractivity contribution in [2.45, 2.75) is 6.42 Å². The fourth-order valence-electron chi connectivity index (χ4n) is 1.82. The standard InChI is InChI=1S/C12H14N2O2S/c1-2-12(16)14-6-9(7-14)5-11(15)13-10-3-4-17-8-10/h2-4,8-9H,1,5-7H2,(H,13,15).